The number of nitrogens with one attached hydrogen (secondary N) is 2. The maximum Gasteiger partial charge on any atom is 0.269 e. The Kier molecular flexibility index (Phi) is 4.79. The highest BCUT2D eigenvalue weighted by Gasteiger charge is 2.31. The van der Waals surface area contributed by atoms with Crippen LogP contribution in [0.25, 0.3) is 0 Å². The average Bonchev–Trinajstić information content (AvgIpc) is 2.61. The van der Waals surface area contributed by atoms with E-state index in [0.717, 1.165) is 18.2 Å². The molecule has 1 atom stereocenters. The minimum atomic E-state index is -4.08. The van der Waals surface area contributed by atoms with Crippen molar-refractivity contribution in [3.8, 4) is 0 Å². The van der Waals surface area contributed by atoms with Crippen molar-refractivity contribution in [2.75, 3.05) is 4.72 Å². The highest BCUT2D eigenvalue weighted by atomic mass is 32.2. The summed E-state index contributed by atoms with van der Waals surface area (Å²) in [7, 11) is -4.08. The molecule has 3 rings (SSSR count). The van der Waals surface area contributed by atoms with Crippen LogP contribution >= 0.6 is 0 Å². The Morgan fingerprint density at radius 3 is 2.44 bits per heavy atom. The van der Waals surface area contributed by atoms with Gasteiger partial charge in [0.1, 0.15) is 0 Å². The van der Waals surface area contributed by atoms with Crippen molar-refractivity contribution in [1.29, 1.82) is 0 Å². The largest absolute Gasteiger partial charge is 0.343 e. The summed E-state index contributed by atoms with van der Waals surface area (Å²) in [4.78, 5) is 21.8. The van der Waals surface area contributed by atoms with Crippen molar-refractivity contribution in [2.24, 2.45) is 0 Å². The molecule has 0 saturated heterocycles. The molecule has 2 aromatic carbocycles. The molecule has 11 heteroatoms. The second kappa shape index (κ2) is 6.91. The van der Waals surface area contributed by atoms with Gasteiger partial charge in [-0.05, 0) is 36.2 Å². The van der Waals surface area contributed by atoms with Gasteiger partial charge in [0.2, 0.25) is 0 Å². The van der Waals surface area contributed by atoms with Crippen molar-refractivity contribution in [3.63, 3.8) is 0 Å². The van der Waals surface area contributed by atoms with E-state index in [-0.39, 0.29) is 28.3 Å². The van der Waals surface area contributed by atoms with E-state index in [9.17, 15) is 32.1 Å². The van der Waals surface area contributed by atoms with E-state index in [1.54, 1.807) is 0 Å². The van der Waals surface area contributed by atoms with Crippen LogP contribution < -0.4 is 10.0 Å². The van der Waals surface area contributed by atoms with Crippen LogP contribution in [0.4, 0.5) is 20.2 Å². The van der Waals surface area contributed by atoms with Gasteiger partial charge in [0.25, 0.3) is 28.0 Å². The zero-order valence-electron chi connectivity index (χ0n) is 13.6. The number of carbonyl (C=O) groups is 1. The number of alkyl halides is 2. The average molecular weight is 397 g/mol. The fraction of sp³-hybridized carbons (Fsp3) is 0.188. The molecule has 0 aliphatic carbocycles. The summed E-state index contributed by atoms with van der Waals surface area (Å²) in [6, 6.07) is 7.08. The minimum absolute atomic E-state index is 0.0125. The monoisotopic (exact) mass is 397 g/mol. The standard InChI is InChI=1S/C16H13F2N3O5S/c17-15(18)14-7-9-1-6-12(8-13(9)16(22)19-14)27(25,26)20-10-2-4-11(5-3-10)21(23)24/h1-6,8,14-15,20H,7H2,(H,19,22). The first-order valence-electron chi connectivity index (χ1n) is 7.66. The molecule has 1 aliphatic heterocycles. The first kappa shape index (κ1) is 18.7. The minimum Gasteiger partial charge on any atom is -0.343 e. The lowest BCUT2D eigenvalue weighted by molar-refractivity contribution is -0.384. The SMILES string of the molecule is O=C1NC(C(F)F)Cc2ccc(S(=O)(=O)Nc3ccc([N+](=O)[O-])cc3)cc21. The Bertz CT molecular complexity index is 1010. The molecule has 142 valence electrons. The number of carbonyl (C=O) groups excluding carboxylic acids is 1. The zero-order valence-corrected chi connectivity index (χ0v) is 14.4. The van der Waals surface area contributed by atoms with E-state index >= 15 is 0 Å². The Balaban J connectivity index is 1.86. The number of amides is 1. The number of hydrogen-bond donors (Lipinski definition) is 2. The van der Waals surface area contributed by atoms with Gasteiger partial charge in [-0.3, -0.25) is 19.6 Å². The van der Waals surface area contributed by atoms with Crippen LogP contribution in [0.1, 0.15) is 15.9 Å². The third kappa shape index (κ3) is 3.87. The molecule has 0 saturated carbocycles. The summed E-state index contributed by atoms with van der Waals surface area (Å²) in [6.07, 6.45) is -2.83. The normalized spacial score (nSPS) is 16.6. The Morgan fingerprint density at radius 1 is 1.19 bits per heavy atom. The predicted octanol–water partition coefficient (Wildman–Crippen LogP) is 2.32. The lowest BCUT2D eigenvalue weighted by atomic mass is 9.95. The number of benzene rings is 2. The van der Waals surface area contributed by atoms with E-state index in [0.29, 0.717) is 5.56 Å². The first-order chi connectivity index (χ1) is 12.7. The molecule has 0 bridgehead atoms. The van der Waals surface area contributed by atoms with Crippen LogP contribution in [0.2, 0.25) is 0 Å². The molecule has 2 N–H and O–H groups in total. The van der Waals surface area contributed by atoms with Gasteiger partial charge in [-0.1, -0.05) is 6.07 Å². The number of halogens is 2. The molecule has 1 aliphatic rings. The van der Waals surface area contributed by atoms with Crippen LogP contribution in [0, 0.1) is 10.1 Å². The third-order valence-corrected chi connectivity index (χ3v) is 5.41. The number of hydrogen-bond acceptors (Lipinski definition) is 5. The van der Waals surface area contributed by atoms with Crippen LogP contribution in [-0.4, -0.2) is 31.7 Å². The molecular formula is C16H13F2N3O5S. The number of anilines is 1. The molecular weight excluding hydrogens is 384 g/mol. The van der Waals surface area contributed by atoms with Gasteiger partial charge in [-0.15, -0.1) is 0 Å². The number of sulfonamides is 1. The lowest BCUT2D eigenvalue weighted by Crippen LogP contribution is -2.45. The quantitative estimate of drug-likeness (QED) is 0.593. The van der Waals surface area contributed by atoms with Gasteiger partial charge in [-0.25, -0.2) is 17.2 Å². The van der Waals surface area contributed by atoms with Crippen LogP contribution in [0.3, 0.4) is 0 Å². The smallest absolute Gasteiger partial charge is 0.269 e. The Morgan fingerprint density at radius 2 is 1.85 bits per heavy atom. The summed E-state index contributed by atoms with van der Waals surface area (Å²) in [5, 5.41) is 12.8. The maximum absolute atomic E-state index is 12.8. The van der Waals surface area contributed by atoms with Crippen molar-refractivity contribution in [3.05, 3.63) is 63.7 Å². The van der Waals surface area contributed by atoms with E-state index in [4.69, 9.17) is 0 Å². The van der Waals surface area contributed by atoms with Crippen LogP contribution in [0.15, 0.2) is 47.4 Å². The fourth-order valence-corrected chi connectivity index (χ4v) is 3.75. The number of non-ortho nitro benzene ring substituents is 1. The lowest BCUT2D eigenvalue weighted by Gasteiger charge is -2.25. The Labute approximate surface area is 152 Å². The van der Waals surface area contributed by atoms with E-state index in [1.165, 1.54) is 24.3 Å². The highest BCUT2D eigenvalue weighted by molar-refractivity contribution is 7.92. The van der Waals surface area contributed by atoms with E-state index in [1.807, 2.05) is 0 Å². The second-order valence-electron chi connectivity index (χ2n) is 5.85. The number of nitrogens with zero attached hydrogens (tertiary/aromatic N) is 1. The summed E-state index contributed by atoms with van der Waals surface area (Å²) in [6.45, 7) is 0. The van der Waals surface area contributed by atoms with Crippen LogP contribution in [-0.2, 0) is 16.4 Å². The Hall–Kier alpha value is -3.08. The summed E-state index contributed by atoms with van der Waals surface area (Å²) in [5.41, 5.74) is 0.245. The predicted molar refractivity (Wildman–Crippen MR) is 91.3 cm³/mol. The van der Waals surface area contributed by atoms with Gasteiger partial charge in [0.05, 0.1) is 15.9 Å². The van der Waals surface area contributed by atoms with Gasteiger partial charge >= 0.3 is 0 Å². The van der Waals surface area contributed by atoms with Gasteiger partial charge in [0.15, 0.2) is 0 Å². The molecule has 8 nitrogen and oxygen atoms in total. The topological polar surface area (TPSA) is 118 Å². The molecule has 0 spiro atoms. The maximum atomic E-state index is 12.8. The molecule has 0 aromatic heterocycles. The molecule has 1 amide bonds. The number of rotatable bonds is 5. The molecule has 1 unspecified atom stereocenters. The number of nitro benzene ring substituents is 1. The summed E-state index contributed by atoms with van der Waals surface area (Å²) < 4.78 is 52.9. The summed E-state index contributed by atoms with van der Waals surface area (Å²) >= 11 is 0. The third-order valence-electron chi connectivity index (χ3n) is 4.03. The van der Waals surface area contributed by atoms with Gasteiger partial charge in [0, 0.05) is 23.4 Å². The zero-order chi connectivity index (χ0) is 19.8. The number of fused-ring (bicyclic) bond motifs is 1. The van der Waals surface area contributed by atoms with Crippen molar-refractivity contribution in [2.45, 2.75) is 23.8 Å². The number of nitro groups is 1. The van der Waals surface area contributed by atoms with Crippen molar-refractivity contribution >= 4 is 27.3 Å². The molecule has 0 radical (unpaired) electrons. The molecule has 0 fully saturated rings. The fourth-order valence-electron chi connectivity index (χ4n) is 2.66. The van der Waals surface area contributed by atoms with Crippen molar-refractivity contribution < 1.29 is 26.9 Å². The highest BCUT2D eigenvalue weighted by Crippen LogP contribution is 2.25. The molecule has 2 aromatic rings. The molecule has 27 heavy (non-hydrogen) atoms. The van der Waals surface area contributed by atoms with Gasteiger partial charge < -0.3 is 5.32 Å². The van der Waals surface area contributed by atoms with E-state index in [2.05, 4.69) is 10.0 Å². The van der Waals surface area contributed by atoms with E-state index < -0.39 is 33.3 Å². The van der Waals surface area contributed by atoms with Gasteiger partial charge in [-0.2, -0.15) is 0 Å². The summed E-state index contributed by atoms with van der Waals surface area (Å²) in [5.74, 6) is -0.770. The van der Waals surface area contributed by atoms with Crippen molar-refractivity contribution in [1.82, 2.24) is 5.32 Å². The molecule has 1 heterocycles. The first-order valence-corrected chi connectivity index (χ1v) is 9.15. The second-order valence-corrected chi connectivity index (χ2v) is 7.53. The van der Waals surface area contributed by atoms with Crippen LogP contribution in [0.5, 0.6) is 0 Å².